The summed E-state index contributed by atoms with van der Waals surface area (Å²) in [5, 5.41) is 13.5. The molecule has 154 valence electrons. The Hall–Kier alpha value is -2.77. The van der Waals surface area contributed by atoms with Gasteiger partial charge in [-0.1, -0.05) is 6.07 Å². The second-order valence-electron chi connectivity index (χ2n) is 7.44. The zero-order chi connectivity index (χ0) is 20.2. The molecular weight excluding hydrogens is 372 g/mol. The molecule has 0 aromatic heterocycles. The van der Waals surface area contributed by atoms with Crippen molar-refractivity contribution in [1.82, 2.24) is 10.2 Å². The lowest BCUT2D eigenvalue weighted by atomic mass is 10.1. The SMILES string of the molecule is COc1ccc(C(=O)N[C@@H]2CN(Cc3ccc4c(c3)OCO4)CCC[C@H]2O)cc1. The number of ether oxygens (including phenoxy) is 3. The van der Waals surface area contributed by atoms with Crippen LogP contribution < -0.4 is 19.5 Å². The largest absolute Gasteiger partial charge is 0.497 e. The molecule has 1 saturated heterocycles. The Bertz CT molecular complexity index is 855. The maximum absolute atomic E-state index is 12.7. The van der Waals surface area contributed by atoms with E-state index in [0.717, 1.165) is 36.6 Å². The van der Waals surface area contributed by atoms with E-state index < -0.39 is 6.10 Å². The first-order valence-electron chi connectivity index (χ1n) is 9.86. The number of hydrogen-bond donors (Lipinski definition) is 2. The molecule has 0 saturated carbocycles. The van der Waals surface area contributed by atoms with Gasteiger partial charge in [0.2, 0.25) is 6.79 Å². The van der Waals surface area contributed by atoms with Gasteiger partial charge in [-0.25, -0.2) is 0 Å². The van der Waals surface area contributed by atoms with Gasteiger partial charge in [-0.05, 0) is 61.3 Å². The summed E-state index contributed by atoms with van der Waals surface area (Å²) in [7, 11) is 1.59. The highest BCUT2D eigenvalue weighted by Crippen LogP contribution is 2.33. The van der Waals surface area contributed by atoms with E-state index in [1.807, 2.05) is 18.2 Å². The van der Waals surface area contributed by atoms with Gasteiger partial charge in [0, 0.05) is 18.7 Å². The summed E-state index contributed by atoms with van der Waals surface area (Å²) in [6, 6.07) is 12.6. The number of amides is 1. The van der Waals surface area contributed by atoms with Gasteiger partial charge in [-0.15, -0.1) is 0 Å². The van der Waals surface area contributed by atoms with Gasteiger partial charge in [0.1, 0.15) is 5.75 Å². The van der Waals surface area contributed by atoms with Crippen LogP contribution in [-0.2, 0) is 6.54 Å². The summed E-state index contributed by atoms with van der Waals surface area (Å²) in [6.07, 6.45) is 0.963. The second-order valence-corrected chi connectivity index (χ2v) is 7.44. The lowest BCUT2D eigenvalue weighted by molar-refractivity contribution is 0.0798. The van der Waals surface area contributed by atoms with Gasteiger partial charge in [0.15, 0.2) is 11.5 Å². The molecule has 2 atom stereocenters. The second kappa shape index (κ2) is 8.71. The highest BCUT2D eigenvalue weighted by atomic mass is 16.7. The van der Waals surface area contributed by atoms with Crippen molar-refractivity contribution >= 4 is 5.91 Å². The van der Waals surface area contributed by atoms with Gasteiger partial charge >= 0.3 is 0 Å². The third-order valence-electron chi connectivity index (χ3n) is 5.41. The van der Waals surface area contributed by atoms with Crippen molar-refractivity contribution in [2.75, 3.05) is 27.0 Å². The number of nitrogens with zero attached hydrogens (tertiary/aromatic N) is 1. The van der Waals surface area contributed by atoms with E-state index in [1.165, 1.54) is 0 Å². The topological polar surface area (TPSA) is 80.3 Å². The minimum Gasteiger partial charge on any atom is -0.497 e. The number of aliphatic hydroxyl groups is 1. The van der Waals surface area contributed by atoms with Crippen LogP contribution in [0.15, 0.2) is 42.5 Å². The molecule has 0 aliphatic carbocycles. The van der Waals surface area contributed by atoms with Crippen molar-refractivity contribution in [2.24, 2.45) is 0 Å². The van der Waals surface area contributed by atoms with Crippen LogP contribution in [0.5, 0.6) is 17.2 Å². The van der Waals surface area contributed by atoms with Crippen LogP contribution in [-0.4, -0.2) is 55.1 Å². The molecule has 7 nitrogen and oxygen atoms in total. The van der Waals surface area contributed by atoms with Crippen molar-refractivity contribution in [3.63, 3.8) is 0 Å². The Morgan fingerprint density at radius 2 is 2.00 bits per heavy atom. The lowest BCUT2D eigenvalue weighted by Crippen LogP contribution is -2.48. The number of benzene rings is 2. The van der Waals surface area contributed by atoms with E-state index in [0.29, 0.717) is 24.3 Å². The molecule has 2 aromatic carbocycles. The van der Waals surface area contributed by atoms with Crippen LogP contribution in [0.4, 0.5) is 0 Å². The molecule has 4 rings (SSSR count). The van der Waals surface area contributed by atoms with Crippen LogP contribution in [0, 0.1) is 0 Å². The fourth-order valence-corrected chi connectivity index (χ4v) is 3.79. The third kappa shape index (κ3) is 4.63. The summed E-state index contributed by atoms with van der Waals surface area (Å²) in [4.78, 5) is 14.9. The first-order valence-corrected chi connectivity index (χ1v) is 9.86. The molecular formula is C22H26N2O5. The van der Waals surface area contributed by atoms with E-state index in [1.54, 1.807) is 31.4 Å². The Labute approximate surface area is 170 Å². The monoisotopic (exact) mass is 398 g/mol. The highest BCUT2D eigenvalue weighted by molar-refractivity contribution is 5.94. The molecule has 2 aliphatic heterocycles. The van der Waals surface area contributed by atoms with E-state index in [9.17, 15) is 9.90 Å². The predicted octanol–water partition coefficient (Wildman–Crippen LogP) is 2.18. The van der Waals surface area contributed by atoms with E-state index in [4.69, 9.17) is 14.2 Å². The zero-order valence-corrected chi connectivity index (χ0v) is 16.5. The maximum Gasteiger partial charge on any atom is 0.251 e. The minimum absolute atomic E-state index is 0.193. The summed E-state index contributed by atoms with van der Waals surface area (Å²) in [6.45, 7) is 2.42. The van der Waals surface area contributed by atoms with Gasteiger partial charge < -0.3 is 24.6 Å². The molecule has 1 fully saturated rings. The van der Waals surface area contributed by atoms with Crippen molar-refractivity contribution < 1.29 is 24.1 Å². The number of fused-ring (bicyclic) bond motifs is 1. The molecule has 2 aromatic rings. The normalized spacial score (nSPS) is 21.4. The lowest BCUT2D eigenvalue weighted by Gasteiger charge is -2.27. The van der Waals surface area contributed by atoms with Gasteiger partial charge in [-0.2, -0.15) is 0 Å². The number of carbonyl (C=O) groups is 1. The Morgan fingerprint density at radius 3 is 2.79 bits per heavy atom. The van der Waals surface area contributed by atoms with Crippen molar-refractivity contribution in [3.05, 3.63) is 53.6 Å². The molecule has 2 N–H and O–H groups in total. The number of nitrogens with one attached hydrogen (secondary N) is 1. The maximum atomic E-state index is 12.7. The summed E-state index contributed by atoms with van der Waals surface area (Å²) >= 11 is 0. The molecule has 2 aliphatic rings. The van der Waals surface area contributed by atoms with E-state index >= 15 is 0 Å². The van der Waals surface area contributed by atoms with Crippen molar-refractivity contribution in [3.8, 4) is 17.2 Å². The number of hydrogen-bond acceptors (Lipinski definition) is 6. The fraction of sp³-hybridized carbons (Fsp3) is 0.409. The molecule has 29 heavy (non-hydrogen) atoms. The average molecular weight is 398 g/mol. The van der Waals surface area contributed by atoms with E-state index in [2.05, 4.69) is 10.2 Å². The highest BCUT2D eigenvalue weighted by Gasteiger charge is 2.27. The van der Waals surface area contributed by atoms with Crippen LogP contribution in [0.3, 0.4) is 0 Å². The van der Waals surface area contributed by atoms with Gasteiger partial charge in [-0.3, -0.25) is 9.69 Å². The van der Waals surface area contributed by atoms with Crippen molar-refractivity contribution in [2.45, 2.75) is 31.5 Å². The Morgan fingerprint density at radius 1 is 1.21 bits per heavy atom. The molecule has 1 amide bonds. The third-order valence-corrected chi connectivity index (χ3v) is 5.41. The molecule has 7 heteroatoms. The molecule has 2 heterocycles. The summed E-state index contributed by atoms with van der Waals surface area (Å²) in [5.74, 6) is 2.04. The standard InChI is InChI=1S/C22H26N2O5/c1-27-17-7-5-16(6-8-17)22(26)23-18-13-24(10-2-3-19(18)25)12-15-4-9-20-21(11-15)29-14-28-20/h4-9,11,18-19,25H,2-3,10,12-14H2,1H3,(H,23,26)/t18-,19-/m1/s1. The predicted molar refractivity (Wildman–Crippen MR) is 107 cm³/mol. The van der Waals surface area contributed by atoms with E-state index in [-0.39, 0.29) is 18.7 Å². The van der Waals surface area contributed by atoms with Crippen LogP contribution in [0.25, 0.3) is 0 Å². The fourth-order valence-electron chi connectivity index (χ4n) is 3.79. The first-order chi connectivity index (χ1) is 14.1. The van der Waals surface area contributed by atoms with Gasteiger partial charge in [0.05, 0.1) is 19.3 Å². The molecule has 0 radical (unpaired) electrons. The summed E-state index contributed by atoms with van der Waals surface area (Å²) < 4.78 is 16.0. The summed E-state index contributed by atoms with van der Waals surface area (Å²) in [5.41, 5.74) is 1.66. The molecule has 0 bridgehead atoms. The van der Waals surface area contributed by atoms with Crippen LogP contribution >= 0.6 is 0 Å². The molecule has 0 spiro atoms. The number of aliphatic hydroxyl groups excluding tert-OH is 1. The smallest absolute Gasteiger partial charge is 0.251 e. The first kappa shape index (κ1) is 19.5. The van der Waals surface area contributed by atoms with Crippen molar-refractivity contribution in [1.29, 1.82) is 0 Å². The molecule has 0 unspecified atom stereocenters. The number of carbonyl (C=O) groups excluding carboxylic acids is 1. The quantitative estimate of drug-likeness (QED) is 0.804. The van der Waals surface area contributed by atoms with Crippen LogP contribution in [0.1, 0.15) is 28.8 Å². The minimum atomic E-state index is -0.570. The number of likely N-dealkylation sites (tertiary alicyclic amines) is 1. The number of rotatable bonds is 5. The Kier molecular flexibility index (Phi) is 5.87. The average Bonchev–Trinajstić information content (AvgIpc) is 3.13. The zero-order valence-electron chi connectivity index (χ0n) is 16.5. The Balaban J connectivity index is 1.41. The number of methoxy groups -OCH3 is 1. The van der Waals surface area contributed by atoms with Crippen LogP contribution in [0.2, 0.25) is 0 Å². The van der Waals surface area contributed by atoms with Gasteiger partial charge in [0.25, 0.3) is 5.91 Å².